The average molecular weight is 345 g/mol. The van der Waals surface area contributed by atoms with Crippen LogP contribution in [0.3, 0.4) is 0 Å². The third-order valence-electron chi connectivity index (χ3n) is 4.74. The van der Waals surface area contributed by atoms with Gasteiger partial charge in [0.05, 0.1) is 6.04 Å². The van der Waals surface area contributed by atoms with Gasteiger partial charge in [-0.05, 0) is 24.6 Å². The van der Waals surface area contributed by atoms with Crippen LogP contribution in [0.15, 0.2) is 61.2 Å². The lowest BCUT2D eigenvalue weighted by Crippen LogP contribution is -2.29. The highest BCUT2D eigenvalue weighted by Crippen LogP contribution is 2.44. The van der Waals surface area contributed by atoms with Gasteiger partial charge in [0.1, 0.15) is 17.1 Å². The molecule has 0 saturated carbocycles. The van der Waals surface area contributed by atoms with E-state index in [9.17, 15) is 9.90 Å². The number of nitrogens with zero attached hydrogens (tertiary/aromatic N) is 2. The summed E-state index contributed by atoms with van der Waals surface area (Å²) in [5, 5.41) is 17.5. The molecule has 0 bridgehead atoms. The second kappa shape index (κ2) is 6.19. The first-order valence-electron chi connectivity index (χ1n) is 8.47. The lowest BCUT2D eigenvalue weighted by molar-refractivity contribution is 0.0764. The van der Waals surface area contributed by atoms with Crippen molar-refractivity contribution in [2.75, 3.05) is 6.54 Å². The number of hydrogen-bond donors (Lipinski definition) is 2. The highest BCUT2D eigenvalue weighted by atomic mass is 16.3. The molecule has 0 saturated heterocycles. The minimum atomic E-state index is -0.274. The monoisotopic (exact) mass is 345 g/mol. The molecule has 1 aliphatic heterocycles. The number of carbonyl (C=O) groups excluding carboxylic acids is 1. The summed E-state index contributed by atoms with van der Waals surface area (Å²) in [7, 11) is 0. The molecule has 5 nitrogen and oxygen atoms in total. The van der Waals surface area contributed by atoms with E-state index in [-0.39, 0.29) is 17.7 Å². The number of amides is 1. The van der Waals surface area contributed by atoms with Crippen LogP contribution in [0.4, 0.5) is 0 Å². The van der Waals surface area contributed by atoms with E-state index in [2.05, 4.69) is 16.8 Å². The molecule has 5 heteroatoms. The maximum Gasteiger partial charge on any atom is 0.273 e. The van der Waals surface area contributed by atoms with Gasteiger partial charge in [0.15, 0.2) is 0 Å². The minimum Gasteiger partial charge on any atom is -0.507 e. The van der Waals surface area contributed by atoms with Gasteiger partial charge in [-0.2, -0.15) is 5.10 Å². The number of aromatic hydroxyl groups is 1. The van der Waals surface area contributed by atoms with Crippen molar-refractivity contribution < 1.29 is 9.90 Å². The second-order valence-electron chi connectivity index (χ2n) is 6.44. The molecule has 1 aliphatic rings. The Bertz CT molecular complexity index is 989. The fourth-order valence-corrected chi connectivity index (χ4v) is 3.50. The van der Waals surface area contributed by atoms with E-state index >= 15 is 0 Å². The molecule has 1 atom stereocenters. The zero-order valence-electron chi connectivity index (χ0n) is 14.4. The Morgan fingerprint density at radius 1 is 1.23 bits per heavy atom. The molecular weight excluding hydrogens is 326 g/mol. The van der Waals surface area contributed by atoms with Crippen molar-refractivity contribution in [3.8, 4) is 17.0 Å². The molecule has 0 radical (unpaired) electrons. The van der Waals surface area contributed by atoms with E-state index in [0.29, 0.717) is 23.5 Å². The largest absolute Gasteiger partial charge is 0.507 e. The molecule has 3 aromatic rings. The Kier molecular flexibility index (Phi) is 3.84. The summed E-state index contributed by atoms with van der Waals surface area (Å²) in [6.45, 7) is 6.24. The molecule has 1 amide bonds. The first-order chi connectivity index (χ1) is 12.6. The van der Waals surface area contributed by atoms with E-state index in [1.165, 1.54) is 0 Å². The minimum absolute atomic E-state index is 0.111. The quantitative estimate of drug-likeness (QED) is 0.706. The van der Waals surface area contributed by atoms with Gasteiger partial charge in [-0.25, -0.2) is 0 Å². The number of aromatic amines is 1. The van der Waals surface area contributed by atoms with Gasteiger partial charge >= 0.3 is 0 Å². The van der Waals surface area contributed by atoms with Gasteiger partial charge in [0, 0.05) is 17.7 Å². The van der Waals surface area contributed by atoms with E-state index in [1.807, 2.05) is 37.3 Å². The first kappa shape index (κ1) is 16.1. The van der Waals surface area contributed by atoms with Gasteiger partial charge in [0.25, 0.3) is 5.91 Å². The van der Waals surface area contributed by atoms with E-state index < -0.39 is 0 Å². The molecule has 26 heavy (non-hydrogen) atoms. The van der Waals surface area contributed by atoms with Crippen LogP contribution in [0.2, 0.25) is 0 Å². The lowest BCUT2D eigenvalue weighted by Gasteiger charge is -2.25. The van der Waals surface area contributed by atoms with Crippen LogP contribution in [0.1, 0.15) is 33.2 Å². The number of rotatable bonds is 4. The van der Waals surface area contributed by atoms with Crippen LogP contribution >= 0.6 is 0 Å². The number of para-hydroxylation sites is 1. The fourth-order valence-electron chi connectivity index (χ4n) is 3.50. The van der Waals surface area contributed by atoms with Crippen molar-refractivity contribution in [2.24, 2.45) is 0 Å². The van der Waals surface area contributed by atoms with Crippen LogP contribution in [0.25, 0.3) is 11.3 Å². The standard InChI is InChI=1S/C21H19N3O2/c1-3-12-24-20(14-10-8-13(2)9-11-14)17-18(22-23-19(17)21(24)26)15-6-4-5-7-16(15)25/h3-11,20,25H,1,12H2,2H3,(H,22,23)/t20-/m1/s1. The summed E-state index contributed by atoms with van der Waals surface area (Å²) in [6, 6.07) is 14.9. The van der Waals surface area contributed by atoms with Crippen molar-refractivity contribution in [1.82, 2.24) is 15.1 Å². The molecule has 2 N–H and O–H groups in total. The van der Waals surface area contributed by atoms with Crippen molar-refractivity contribution in [2.45, 2.75) is 13.0 Å². The van der Waals surface area contributed by atoms with Gasteiger partial charge in [0.2, 0.25) is 0 Å². The average Bonchev–Trinajstić information content (AvgIpc) is 3.17. The Hall–Kier alpha value is -3.34. The van der Waals surface area contributed by atoms with E-state index in [0.717, 1.165) is 16.7 Å². The summed E-state index contributed by atoms with van der Waals surface area (Å²) in [4.78, 5) is 14.7. The van der Waals surface area contributed by atoms with E-state index in [4.69, 9.17) is 0 Å². The maximum absolute atomic E-state index is 12.9. The molecule has 0 spiro atoms. The lowest BCUT2D eigenvalue weighted by atomic mass is 9.95. The second-order valence-corrected chi connectivity index (χ2v) is 6.44. The first-order valence-corrected chi connectivity index (χ1v) is 8.47. The predicted octanol–water partition coefficient (Wildman–Crippen LogP) is 3.82. The maximum atomic E-state index is 12.9. The zero-order valence-corrected chi connectivity index (χ0v) is 14.4. The van der Waals surface area contributed by atoms with Crippen LogP contribution in [-0.2, 0) is 0 Å². The van der Waals surface area contributed by atoms with Crippen LogP contribution in [-0.4, -0.2) is 32.7 Å². The SMILES string of the molecule is C=CCN1C(=O)c2[nH]nc(-c3ccccc3O)c2[C@H]1c1ccc(C)cc1. The Balaban J connectivity index is 1.92. The van der Waals surface area contributed by atoms with Gasteiger partial charge in [-0.3, -0.25) is 9.89 Å². The summed E-state index contributed by atoms with van der Waals surface area (Å²) in [6.07, 6.45) is 1.72. The highest BCUT2D eigenvalue weighted by molar-refractivity contribution is 6.00. The third kappa shape index (κ3) is 2.40. The highest BCUT2D eigenvalue weighted by Gasteiger charge is 2.41. The topological polar surface area (TPSA) is 69.2 Å². The molecular formula is C21H19N3O2. The fraction of sp³-hybridized carbons (Fsp3) is 0.143. The molecule has 1 aromatic heterocycles. The summed E-state index contributed by atoms with van der Waals surface area (Å²) in [5.74, 6) is 0.0266. The van der Waals surface area contributed by atoms with Crippen LogP contribution in [0, 0.1) is 6.92 Å². The van der Waals surface area contributed by atoms with Crippen LogP contribution in [0.5, 0.6) is 5.75 Å². The number of carbonyl (C=O) groups is 1. The number of fused-ring (bicyclic) bond motifs is 1. The number of phenols is 1. The Morgan fingerprint density at radius 2 is 1.96 bits per heavy atom. The Morgan fingerprint density at radius 3 is 2.65 bits per heavy atom. The molecule has 0 unspecified atom stereocenters. The van der Waals surface area contributed by atoms with E-state index in [1.54, 1.807) is 29.2 Å². The zero-order chi connectivity index (χ0) is 18.3. The third-order valence-corrected chi connectivity index (χ3v) is 4.74. The predicted molar refractivity (Wildman–Crippen MR) is 99.9 cm³/mol. The Labute approximate surface area is 151 Å². The van der Waals surface area contributed by atoms with Gasteiger partial charge in [-0.1, -0.05) is 48.0 Å². The summed E-state index contributed by atoms with van der Waals surface area (Å²) in [5.41, 5.74) is 4.63. The summed E-state index contributed by atoms with van der Waals surface area (Å²) >= 11 is 0. The normalized spacial score (nSPS) is 16.0. The number of benzene rings is 2. The molecule has 4 rings (SSSR count). The number of nitrogens with one attached hydrogen (secondary N) is 1. The smallest absolute Gasteiger partial charge is 0.273 e. The number of H-pyrrole nitrogens is 1. The number of aryl methyl sites for hydroxylation is 1. The van der Waals surface area contributed by atoms with Gasteiger partial charge in [-0.15, -0.1) is 6.58 Å². The molecule has 2 aromatic carbocycles. The molecule has 0 aliphatic carbocycles. The van der Waals surface area contributed by atoms with Crippen molar-refractivity contribution in [3.63, 3.8) is 0 Å². The van der Waals surface area contributed by atoms with Crippen molar-refractivity contribution in [1.29, 1.82) is 0 Å². The van der Waals surface area contributed by atoms with Crippen LogP contribution < -0.4 is 0 Å². The number of aromatic nitrogens is 2. The van der Waals surface area contributed by atoms with Gasteiger partial charge < -0.3 is 10.0 Å². The summed E-state index contributed by atoms with van der Waals surface area (Å²) < 4.78 is 0. The molecule has 2 heterocycles. The van der Waals surface area contributed by atoms with Crippen molar-refractivity contribution >= 4 is 5.91 Å². The number of phenolic OH excluding ortho intramolecular Hbond substituents is 1. The molecule has 130 valence electrons. The molecule has 0 fully saturated rings. The van der Waals surface area contributed by atoms with Crippen molar-refractivity contribution in [3.05, 3.63) is 83.6 Å². The number of hydrogen-bond acceptors (Lipinski definition) is 3.